The third kappa shape index (κ3) is 3.02. The Kier molecular flexibility index (Phi) is 4.72. The molecule has 2 aromatic carbocycles. The van der Waals surface area contributed by atoms with Gasteiger partial charge in [0, 0.05) is 34.3 Å². The van der Waals surface area contributed by atoms with Crippen LogP contribution in [0.1, 0.15) is 30.9 Å². The van der Waals surface area contributed by atoms with Gasteiger partial charge in [0.15, 0.2) is 0 Å². The Hall–Kier alpha value is -1.55. The maximum absolute atomic E-state index is 13.3. The molecule has 0 spiro atoms. The molecule has 136 valence electrons. The fraction of sp³-hybridized carbons (Fsp3) is 0.381. The number of amides is 1. The fourth-order valence-electron chi connectivity index (χ4n) is 4.41. The number of piperidine rings is 1. The minimum absolute atomic E-state index is 0.0313. The predicted molar refractivity (Wildman–Crippen MR) is 107 cm³/mol. The number of carbonyl (C=O) groups excluding carboxylic acids is 1. The Bertz CT molecular complexity index is 854. The summed E-state index contributed by atoms with van der Waals surface area (Å²) in [7, 11) is 0. The van der Waals surface area contributed by atoms with Gasteiger partial charge in [0.2, 0.25) is 5.91 Å². The Morgan fingerprint density at radius 1 is 1.19 bits per heavy atom. The minimum atomic E-state index is -0.709. The summed E-state index contributed by atoms with van der Waals surface area (Å²) >= 11 is 12.4. The molecule has 2 aromatic rings. The van der Waals surface area contributed by atoms with Crippen molar-refractivity contribution >= 4 is 34.8 Å². The molecule has 2 atom stereocenters. The van der Waals surface area contributed by atoms with E-state index in [1.165, 1.54) is 6.42 Å². The van der Waals surface area contributed by atoms with Crippen LogP contribution >= 0.6 is 23.2 Å². The molecule has 26 heavy (non-hydrogen) atoms. The highest BCUT2D eigenvalue weighted by Gasteiger charge is 2.51. The number of hydrogen-bond acceptors (Lipinski definition) is 2. The lowest BCUT2D eigenvalue weighted by Gasteiger charge is -2.44. The Morgan fingerprint density at radius 3 is 2.77 bits per heavy atom. The van der Waals surface area contributed by atoms with Gasteiger partial charge in [-0.1, -0.05) is 48.3 Å². The van der Waals surface area contributed by atoms with E-state index in [0.29, 0.717) is 22.4 Å². The first-order chi connectivity index (χ1) is 12.5. The normalized spacial score (nSPS) is 25.8. The molecule has 1 amide bonds. The molecule has 0 radical (unpaired) electrons. The molecule has 2 aliphatic heterocycles. The highest BCUT2D eigenvalue weighted by atomic mass is 35.5. The smallest absolute Gasteiger partial charge is 0.249 e. The third-order valence-electron chi connectivity index (χ3n) is 5.60. The molecule has 2 unspecified atom stereocenters. The standard InChI is InChI=1S/C21H22Cl2N2O/c1-14-4-3-9-25(13-14)21(12-15-5-2-6-16(22)10-15)18-8-7-17(23)11-19(18)24-20(21)26/h2,5-8,10-11,14H,3-4,9,12-13H2,1H3,(H,24,26). The SMILES string of the molecule is CC1CCCN(C2(Cc3cccc(Cl)c3)C(=O)Nc3cc(Cl)ccc32)C1. The summed E-state index contributed by atoms with van der Waals surface area (Å²) in [6.45, 7) is 4.09. The number of rotatable bonds is 3. The van der Waals surface area contributed by atoms with E-state index >= 15 is 0 Å². The molecule has 1 saturated heterocycles. The molecule has 1 N–H and O–H groups in total. The molecule has 5 heteroatoms. The van der Waals surface area contributed by atoms with Gasteiger partial charge in [0.05, 0.1) is 0 Å². The fourth-order valence-corrected chi connectivity index (χ4v) is 4.79. The molecule has 3 nitrogen and oxygen atoms in total. The van der Waals surface area contributed by atoms with Crippen LogP contribution < -0.4 is 5.32 Å². The van der Waals surface area contributed by atoms with Crippen molar-refractivity contribution in [3.8, 4) is 0 Å². The molecule has 4 rings (SSSR count). The van der Waals surface area contributed by atoms with Crippen LogP contribution in [0.2, 0.25) is 10.0 Å². The zero-order valence-electron chi connectivity index (χ0n) is 14.8. The first-order valence-corrected chi connectivity index (χ1v) is 9.85. The summed E-state index contributed by atoms with van der Waals surface area (Å²) in [4.78, 5) is 15.7. The van der Waals surface area contributed by atoms with Gasteiger partial charge in [0.25, 0.3) is 0 Å². The van der Waals surface area contributed by atoms with Crippen molar-refractivity contribution in [1.29, 1.82) is 0 Å². The number of fused-ring (bicyclic) bond motifs is 1. The van der Waals surface area contributed by atoms with Crippen LogP contribution in [0, 0.1) is 5.92 Å². The van der Waals surface area contributed by atoms with Crippen molar-refractivity contribution < 1.29 is 4.79 Å². The number of likely N-dealkylation sites (tertiary alicyclic amines) is 1. The number of nitrogens with zero attached hydrogens (tertiary/aromatic N) is 1. The molecular weight excluding hydrogens is 367 g/mol. The van der Waals surface area contributed by atoms with E-state index in [-0.39, 0.29) is 5.91 Å². The van der Waals surface area contributed by atoms with E-state index in [1.54, 1.807) is 0 Å². The zero-order chi connectivity index (χ0) is 18.3. The summed E-state index contributed by atoms with van der Waals surface area (Å²) in [6, 6.07) is 13.5. The van der Waals surface area contributed by atoms with Crippen molar-refractivity contribution in [2.24, 2.45) is 5.92 Å². The number of carbonyl (C=O) groups is 1. The lowest BCUT2D eigenvalue weighted by molar-refractivity contribution is -0.129. The largest absolute Gasteiger partial charge is 0.324 e. The van der Waals surface area contributed by atoms with Crippen LogP contribution in [-0.2, 0) is 16.8 Å². The van der Waals surface area contributed by atoms with Gasteiger partial charge in [-0.2, -0.15) is 0 Å². The van der Waals surface area contributed by atoms with Gasteiger partial charge >= 0.3 is 0 Å². The molecular formula is C21H22Cl2N2O. The Morgan fingerprint density at radius 2 is 2.00 bits per heavy atom. The summed E-state index contributed by atoms with van der Waals surface area (Å²) < 4.78 is 0. The Labute approximate surface area is 164 Å². The summed E-state index contributed by atoms with van der Waals surface area (Å²) in [6.07, 6.45) is 2.91. The van der Waals surface area contributed by atoms with Crippen LogP contribution in [-0.4, -0.2) is 23.9 Å². The maximum Gasteiger partial charge on any atom is 0.249 e. The molecule has 0 aromatic heterocycles. The van der Waals surface area contributed by atoms with Gasteiger partial charge in [-0.15, -0.1) is 0 Å². The van der Waals surface area contributed by atoms with Crippen LogP contribution in [0.25, 0.3) is 0 Å². The van der Waals surface area contributed by atoms with E-state index < -0.39 is 5.54 Å². The lowest BCUT2D eigenvalue weighted by Crippen LogP contribution is -2.55. The first kappa shape index (κ1) is 17.8. The van der Waals surface area contributed by atoms with E-state index in [2.05, 4.69) is 17.1 Å². The number of halogens is 2. The maximum atomic E-state index is 13.3. The van der Waals surface area contributed by atoms with E-state index in [4.69, 9.17) is 23.2 Å². The van der Waals surface area contributed by atoms with E-state index in [0.717, 1.165) is 36.3 Å². The second kappa shape index (κ2) is 6.88. The lowest BCUT2D eigenvalue weighted by atomic mass is 9.81. The molecule has 0 aliphatic carbocycles. The quantitative estimate of drug-likeness (QED) is 0.791. The van der Waals surface area contributed by atoms with Crippen LogP contribution in [0.3, 0.4) is 0 Å². The minimum Gasteiger partial charge on any atom is -0.324 e. The van der Waals surface area contributed by atoms with Gasteiger partial charge in [-0.05, 0) is 55.1 Å². The van der Waals surface area contributed by atoms with Crippen molar-refractivity contribution in [2.75, 3.05) is 18.4 Å². The zero-order valence-corrected chi connectivity index (χ0v) is 16.3. The van der Waals surface area contributed by atoms with Crippen molar-refractivity contribution in [2.45, 2.75) is 31.7 Å². The summed E-state index contributed by atoms with van der Waals surface area (Å²) in [5.41, 5.74) is 2.19. The van der Waals surface area contributed by atoms with Gasteiger partial charge in [-0.25, -0.2) is 0 Å². The monoisotopic (exact) mass is 388 g/mol. The number of anilines is 1. The topological polar surface area (TPSA) is 32.3 Å². The van der Waals surface area contributed by atoms with Crippen LogP contribution in [0.4, 0.5) is 5.69 Å². The van der Waals surface area contributed by atoms with Gasteiger partial charge < -0.3 is 5.32 Å². The van der Waals surface area contributed by atoms with Crippen LogP contribution in [0.5, 0.6) is 0 Å². The van der Waals surface area contributed by atoms with Crippen molar-refractivity contribution in [3.05, 3.63) is 63.6 Å². The van der Waals surface area contributed by atoms with E-state index in [9.17, 15) is 4.79 Å². The van der Waals surface area contributed by atoms with Gasteiger partial charge in [-0.3, -0.25) is 9.69 Å². The highest BCUT2D eigenvalue weighted by Crippen LogP contribution is 2.45. The first-order valence-electron chi connectivity index (χ1n) is 9.10. The summed E-state index contributed by atoms with van der Waals surface area (Å²) in [5, 5.41) is 4.41. The average molecular weight is 389 g/mol. The second-order valence-corrected chi connectivity index (χ2v) is 8.38. The van der Waals surface area contributed by atoms with Gasteiger partial charge in [0.1, 0.15) is 5.54 Å². The number of benzene rings is 2. The van der Waals surface area contributed by atoms with E-state index in [1.807, 2.05) is 42.5 Å². The number of nitrogens with one attached hydrogen (secondary N) is 1. The van der Waals surface area contributed by atoms with Crippen molar-refractivity contribution in [3.63, 3.8) is 0 Å². The third-order valence-corrected chi connectivity index (χ3v) is 6.07. The molecule has 2 aliphatic rings. The molecule has 1 fully saturated rings. The van der Waals surface area contributed by atoms with Crippen LogP contribution in [0.15, 0.2) is 42.5 Å². The number of hydrogen-bond donors (Lipinski definition) is 1. The molecule has 2 heterocycles. The average Bonchev–Trinajstić information content (AvgIpc) is 2.87. The highest BCUT2D eigenvalue weighted by molar-refractivity contribution is 6.31. The predicted octanol–water partition coefficient (Wildman–Crippen LogP) is 5.12. The Balaban J connectivity index is 1.84. The molecule has 0 bridgehead atoms. The molecule has 0 saturated carbocycles. The second-order valence-electron chi connectivity index (χ2n) is 7.50. The van der Waals surface area contributed by atoms with Crippen molar-refractivity contribution in [1.82, 2.24) is 4.90 Å². The summed E-state index contributed by atoms with van der Waals surface area (Å²) in [5.74, 6) is 0.605.